The van der Waals surface area contributed by atoms with Crippen LogP contribution in [0.25, 0.3) is 0 Å². The summed E-state index contributed by atoms with van der Waals surface area (Å²) >= 11 is 1.32. The van der Waals surface area contributed by atoms with Crippen LogP contribution in [0.1, 0.15) is 18.5 Å². The summed E-state index contributed by atoms with van der Waals surface area (Å²) < 4.78 is 14.6. The van der Waals surface area contributed by atoms with Gasteiger partial charge in [-0.25, -0.2) is 4.39 Å². The predicted octanol–water partition coefficient (Wildman–Crippen LogP) is 1.92. The van der Waals surface area contributed by atoms with Gasteiger partial charge in [-0.1, -0.05) is 23.9 Å². The van der Waals surface area contributed by atoms with Crippen molar-refractivity contribution in [3.05, 3.63) is 42.0 Å². The van der Waals surface area contributed by atoms with E-state index < -0.39 is 0 Å². The van der Waals surface area contributed by atoms with E-state index in [1.54, 1.807) is 23.0 Å². The van der Waals surface area contributed by atoms with Crippen molar-refractivity contribution < 1.29 is 9.18 Å². The van der Waals surface area contributed by atoms with Gasteiger partial charge >= 0.3 is 0 Å². The van der Waals surface area contributed by atoms with E-state index in [4.69, 9.17) is 0 Å². The van der Waals surface area contributed by atoms with Crippen molar-refractivity contribution in [2.75, 3.05) is 5.75 Å². The Morgan fingerprint density at radius 2 is 2.15 bits per heavy atom. The first kappa shape index (κ1) is 14.5. The van der Waals surface area contributed by atoms with Gasteiger partial charge in [-0.3, -0.25) is 4.79 Å². The van der Waals surface area contributed by atoms with Gasteiger partial charge < -0.3 is 9.88 Å². The topological polar surface area (TPSA) is 59.8 Å². The summed E-state index contributed by atoms with van der Waals surface area (Å²) in [6.45, 7) is 1.86. The molecule has 0 bridgehead atoms. The molecule has 0 saturated heterocycles. The van der Waals surface area contributed by atoms with Crippen molar-refractivity contribution in [3.8, 4) is 0 Å². The molecule has 0 aliphatic rings. The Labute approximate surface area is 120 Å². The molecule has 2 rings (SSSR count). The maximum Gasteiger partial charge on any atom is 0.230 e. The van der Waals surface area contributed by atoms with Crippen LogP contribution in [0, 0.1) is 5.82 Å². The van der Waals surface area contributed by atoms with Crippen molar-refractivity contribution in [1.82, 2.24) is 20.1 Å². The molecule has 0 aliphatic heterocycles. The van der Waals surface area contributed by atoms with Crippen molar-refractivity contribution >= 4 is 17.7 Å². The molecule has 5 nitrogen and oxygen atoms in total. The summed E-state index contributed by atoms with van der Waals surface area (Å²) in [5.74, 6) is -0.127. The van der Waals surface area contributed by atoms with Crippen molar-refractivity contribution in [3.63, 3.8) is 0 Å². The minimum atomic E-state index is -0.287. The van der Waals surface area contributed by atoms with Gasteiger partial charge in [0, 0.05) is 7.05 Å². The number of hydrogen-bond acceptors (Lipinski definition) is 4. The second-order valence-corrected chi connectivity index (χ2v) is 5.30. The first-order valence-electron chi connectivity index (χ1n) is 6.08. The number of carbonyl (C=O) groups is 1. The molecule has 106 valence electrons. The zero-order valence-corrected chi connectivity index (χ0v) is 12.0. The zero-order chi connectivity index (χ0) is 14.5. The largest absolute Gasteiger partial charge is 0.349 e. The summed E-state index contributed by atoms with van der Waals surface area (Å²) in [6.07, 6.45) is 1.58. The molecule has 1 aromatic heterocycles. The van der Waals surface area contributed by atoms with E-state index in [1.165, 1.54) is 23.9 Å². The molecule has 1 aromatic carbocycles. The molecule has 1 N–H and O–H groups in total. The fourth-order valence-electron chi connectivity index (χ4n) is 1.65. The smallest absolute Gasteiger partial charge is 0.230 e. The van der Waals surface area contributed by atoms with Gasteiger partial charge in [0.1, 0.15) is 12.1 Å². The quantitative estimate of drug-likeness (QED) is 0.856. The summed E-state index contributed by atoms with van der Waals surface area (Å²) in [7, 11) is 1.82. The molecule has 1 atom stereocenters. The van der Waals surface area contributed by atoms with E-state index in [0.29, 0.717) is 5.16 Å². The summed E-state index contributed by atoms with van der Waals surface area (Å²) in [5, 5.41) is 11.2. The predicted molar refractivity (Wildman–Crippen MR) is 74.7 cm³/mol. The number of nitrogens with zero attached hydrogens (tertiary/aromatic N) is 3. The van der Waals surface area contributed by atoms with Crippen LogP contribution >= 0.6 is 11.8 Å². The lowest BCUT2D eigenvalue weighted by atomic mass is 10.1. The molecule has 0 spiro atoms. The molecule has 1 heterocycles. The fourth-order valence-corrected chi connectivity index (χ4v) is 2.35. The molecule has 7 heteroatoms. The number of halogens is 1. The number of carbonyl (C=O) groups excluding carboxylic acids is 1. The highest BCUT2D eigenvalue weighted by Gasteiger charge is 2.11. The van der Waals surface area contributed by atoms with E-state index >= 15 is 0 Å². The Bertz CT molecular complexity index is 584. The maximum atomic E-state index is 12.8. The van der Waals surface area contributed by atoms with Crippen molar-refractivity contribution in [2.24, 2.45) is 7.05 Å². The molecule has 0 saturated carbocycles. The number of nitrogens with one attached hydrogen (secondary N) is 1. The van der Waals surface area contributed by atoms with Crippen molar-refractivity contribution in [2.45, 2.75) is 18.1 Å². The first-order valence-corrected chi connectivity index (χ1v) is 7.06. The van der Waals surface area contributed by atoms with Gasteiger partial charge in [-0.2, -0.15) is 0 Å². The molecular weight excluding hydrogens is 279 g/mol. The summed E-state index contributed by atoms with van der Waals surface area (Å²) in [4.78, 5) is 11.8. The lowest BCUT2D eigenvalue weighted by Crippen LogP contribution is -2.28. The van der Waals surface area contributed by atoms with Crippen LogP contribution in [-0.2, 0) is 11.8 Å². The summed E-state index contributed by atoms with van der Waals surface area (Å²) in [6, 6.07) is 5.92. The highest BCUT2D eigenvalue weighted by molar-refractivity contribution is 7.99. The van der Waals surface area contributed by atoms with Crippen molar-refractivity contribution in [1.29, 1.82) is 0 Å². The number of aromatic nitrogens is 3. The zero-order valence-electron chi connectivity index (χ0n) is 11.2. The average Bonchev–Trinajstić information content (AvgIpc) is 2.82. The van der Waals surface area contributed by atoms with Crippen LogP contribution < -0.4 is 5.32 Å². The van der Waals surface area contributed by atoms with Gasteiger partial charge in [0.15, 0.2) is 5.16 Å². The normalized spacial score (nSPS) is 12.2. The monoisotopic (exact) mass is 294 g/mol. The highest BCUT2D eigenvalue weighted by atomic mass is 32.2. The van der Waals surface area contributed by atoms with Crippen LogP contribution in [0.4, 0.5) is 4.39 Å². The molecule has 1 amide bonds. The Morgan fingerprint density at radius 3 is 2.75 bits per heavy atom. The van der Waals surface area contributed by atoms with Crippen LogP contribution in [0.15, 0.2) is 35.7 Å². The molecule has 2 aromatic rings. The van der Waals surface area contributed by atoms with Crippen LogP contribution in [0.5, 0.6) is 0 Å². The summed E-state index contributed by atoms with van der Waals surface area (Å²) in [5.41, 5.74) is 0.864. The van der Waals surface area contributed by atoms with E-state index in [0.717, 1.165) is 5.56 Å². The standard InChI is InChI=1S/C13H15FN4OS/c1-9(10-3-5-11(14)6-4-10)16-12(19)7-20-13-17-15-8-18(13)2/h3-6,8-9H,7H2,1-2H3,(H,16,19)/t9-/m1/s1. The van der Waals surface area contributed by atoms with Gasteiger partial charge in [-0.05, 0) is 24.6 Å². The number of thioether (sulfide) groups is 1. The second-order valence-electron chi connectivity index (χ2n) is 4.35. The van der Waals surface area contributed by atoms with Gasteiger partial charge in [0.2, 0.25) is 5.91 Å². The van der Waals surface area contributed by atoms with Crippen LogP contribution in [-0.4, -0.2) is 26.4 Å². The SMILES string of the molecule is C[C@@H](NC(=O)CSc1nncn1C)c1ccc(F)cc1. The third kappa shape index (κ3) is 3.80. The Hall–Kier alpha value is -1.89. The molecule has 0 unspecified atom stereocenters. The van der Waals surface area contributed by atoms with E-state index in [-0.39, 0.29) is 23.5 Å². The number of rotatable bonds is 5. The minimum absolute atomic E-state index is 0.102. The lowest BCUT2D eigenvalue weighted by Gasteiger charge is -2.14. The van der Waals surface area contributed by atoms with Crippen LogP contribution in [0.3, 0.4) is 0 Å². The lowest BCUT2D eigenvalue weighted by molar-refractivity contribution is -0.119. The first-order chi connectivity index (χ1) is 9.56. The third-order valence-corrected chi connectivity index (χ3v) is 3.78. The van der Waals surface area contributed by atoms with Gasteiger partial charge in [0.25, 0.3) is 0 Å². The Balaban J connectivity index is 1.85. The molecule has 20 heavy (non-hydrogen) atoms. The number of aryl methyl sites for hydroxylation is 1. The number of hydrogen-bond donors (Lipinski definition) is 1. The Kier molecular flexibility index (Phi) is 4.73. The number of amides is 1. The fraction of sp³-hybridized carbons (Fsp3) is 0.308. The van der Waals surface area contributed by atoms with E-state index in [1.807, 2.05) is 14.0 Å². The third-order valence-electron chi connectivity index (χ3n) is 2.75. The Morgan fingerprint density at radius 1 is 1.45 bits per heavy atom. The number of benzene rings is 1. The average molecular weight is 294 g/mol. The maximum absolute atomic E-state index is 12.8. The van der Waals surface area contributed by atoms with Gasteiger partial charge in [0.05, 0.1) is 11.8 Å². The minimum Gasteiger partial charge on any atom is -0.349 e. The molecule has 0 fully saturated rings. The molecule has 0 radical (unpaired) electrons. The highest BCUT2D eigenvalue weighted by Crippen LogP contribution is 2.15. The van der Waals surface area contributed by atoms with Crippen LogP contribution in [0.2, 0.25) is 0 Å². The van der Waals surface area contributed by atoms with E-state index in [9.17, 15) is 9.18 Å². The van der Waals surface area contributed by atoms with E-state index in [2.05, 4.69) is 15.5 Å². The molecular formula is C13H15FN4OS. The molecule has 0 aliphatic carbocycles. The van der Waals surface area contributed by atoms with Gasteiger partial charge in [-0.15, -0.1) is 10.2 Å². The second kappa shape index (κ2) is 6.51.